The van der Waals surface area contributed by atoms with Gasteiger partial charge in [0.25, 0.3) is 0 Å². The van der Waals surface area contributed by atoms with Crippen molar-refractivity contribution < 1.29 is 9.90 Å². The van der Waals surface area contributed by atoms with Crippen LogP contribution in [-0.2, 0) is 4.79 Å². The van der Waals surface area contributed by atoms with Crippen molar-refractivity contribution in [3.05, 3.63) is 0 Å². The molecular weight excluding hydrogens is 228 g/mol. The van der Waals surface area contributed by atoms with Gasteiger partial charge in [-0.25, -0.2) is 0 Å². The molecule has 0 aromatic rings. The molecule has 1 amide bonds. The average Bonchev–Trinajstić information content (AvgIpc) is 2.74. The molecule has 1 fully saturated rings. The number of nitrogens with two attached hydrogens (primary N) is 1. The SMILES string of the molecule is CC(C)C[C@H](CN)CC(=O)NC1CCCC1CO. The van der Waals surface area contributed by atoms with E-state index in [0.717, 1.165) is 25.7 Å². The number of rotatable bonds is 7. The molecule has 18 heavy (non-hydrogen) atoms. The first-order chi connectivity index (χ1) is 8.56. The van der Waals surface area contributed by atoms with Crippen LogP contribution in [0.15, 0.2) is 0 Å². The summed E-state index contributed by atoms with van der Waals surface area (Å²) >= 11 is 0. The summed E-state index contributed by atoms with van der Waals surface area (Å²) in [6.45, 7) is 5.05. The van der Waals surface area contributed by atoms with Crippen LogP contribution in [0.4, 0.5) is 0 Å². The lowest BCUT2D eigenvalue weighted by molar-refractivity contribution is -0.123. The molecule has 0 aliphatic heterocycles. The summed E-state index contributed by atoms with van der Waals surface area (Å²) in [5.74, 6) is 1.19. The maximum Gasteiger partial charge on any atom is 0.220 e. The van der Waals surface area contributed by atoms with Gasteiger partial charge in [-0.15, -0.1) is 0 Å². The number of hydrogen-bond acceptors (Lipinski definition) is 3. The molecule has 0 aromatic carbocycles. The van der Waals surface area contributed by atoms with Gasteiger partial charge in [-0.2, -0.15) is 0 Å². The maximum atomic E-state index is 12.0. The fourth-order valence-corrected chi connectivity index (χ4v) is 2.90. The molecule has 4 heteroatoms. The molecule has 0 spiro atoms. The van der Waals surface area contributed by atoms with Crippen LogP contribution in [0.5, 0.6) is 0 Å². The summed E-state index contributed by atoms with van der Waals surface area (Å²) in [7, 11) is 0. The number of hydrogen-bond donors (Lipinski definition) is 3. The standard InChI is InChI=1S/C14H28N2O2/c1-10(2)6-11(8-15)7-14(18)16-13-5-3-4-12(13)9-17/h10-13,17H,3-9,15H2,1-2H3,(H,16,18)/t11-,12?,13?/m0/s1. The molecular formula is C14H28N2O2. The number of aliphatic hydroxyl groups is 1. The summed E-state index contributed by atoms with van der Waals surface area (Å²) in [5, 5.41) is 12.3. The third kappa shape index (κ3) is 4.94. The molecule has 0 bridgehead atoms. The molecule has 4 N–H and O–H groups in total. The maximum absolute atomic E-state index is 12.0. The Labute approximate surface area is 110 Å². The van der Waals surface area contributed by atoms with E-state index in [1.54, 1.807) is 0 Å². The molecule has 3 atom stereocenters. The van der Waals surface area contributed by atoms with E-state index in [-0.39, 0.29) is 30.4 Å². The normalized spacial score (nSPS) is 25.4. The summed E-state index contributed by atoms with van der Waals surface area (Å²) in [6.07, 6.45) is 4.63. The Hall–Kier alpha value is -0.610. The zero-order valence-electron chi connectivity index (χ0n) is 11.7. The number of amides is 1. The van der Waals surface area contributed by atoms with Crippen LogP contribution >= 0.6 is 0 Å². The zero-order chi connectivity index (χ0) is 13.5. The minimum absolute atomic E-state index is 0.0939. The topological polar surface area (TPSA) is 75.4 Å². The largest absolute Gasteiger partial charge is 0.396 e. The van der Waals surface area contributed by atoms with Crippen molar-refractivity contribution in [2.75, 3.05) is 13.2 Å². The third-order valence-corrected chi connectivity index (χ3v) is 3.85. The van der Waals surface area contributed by atoms with Gasteiger partial charge in [0.15, 0.2) is 0 Å². The van der Waals surface area contributed by atoms with Crippen LogP contribution in [0.3, 0.4) is 0 Å². The molecule has 106 valence electrons. The lowest BCUT2D eigenvalue weighted by atomic mass is 9.93. The Kier molecular flexibility index (Phi) is 6.65. The lowest BCUT2D eigenvalue weighted by Crippen LogP contribution is -2.39. The molecule has 4 nitrogen and oxygen atoms in total. The lowest BCUT2D eigenvalue weighted by Gasteiger charge is -2.21. The molecule has 1 aliphatic carbocycles. The molecule has 1 aliphatic rings. The molecule has 0 saturated heterocycles. The number of nitrogens with one attached hydrogen (secondary N) is 1. The monoisotopic (exact) mass is 256 g/mol. The van der Waals surface area contributed by atoms with Gasteiger partial charge in [-0.05, 0) is 37.6 Å². The van der Waals surface area contributed by atoms with Crippen molar-refractivity contribution in [3.63, 3.8) is 0 Å². The highest BCUT2D eigenvalue weighted by molar-refractivity contribution is 5.76. The smallest absolute Gasteiger partial charge is 0.220 e. The number of carbonyl (C=O) groups is 1. The van der Waals surface area contributed by atoms with Gasteiger partial charge in [0.2, 0.25) is 5.91 Å². The van der Waals surface area contributed by atoms with E-state index in [1.807, 2.05) is 0 Å². The van der Waals surface area contributed by atoms with E-state index >= 15 is 0 Å². The first-order valence-corrected chi connectivity index (χ1v) is 7.17. The van der Waals surface area contributed by atoms with Crippen molar-refractivity contribution >= 4 is 5.91 Å². The first-order valence-electron chi connectivity index (χ1n) is 7.17. The van der Waals surface area contributed by atoms with Crippen LogP contribution in [-0.4, -0.2) is 30.2 Å². The van der Waals surface area contributed by atoms with E-state index in [1.165, 1.54) is 0 Å². The number of aliphatic hydroxyl groups excluding tert-OH is 1. The third-order valence-electron chi connectivity index (χ3n) is 3.85. The molecule has 1 saturated carbocycles. The minimum atomic E-state index is 0.0939. The van der Waals surface area contributed by atoms with E-state index < -0.39 is 0 Å². The summed E-state index contributed by atoms with van der Waals surface area (Å²) in [5.41, 5.74) is 5.71. The van der Waals surface area contributed by atoms with Crippen molar-refractivity contribution in [2.24, 2.45) is 23.5 Å². The van der Waals surface area contributed by atoms with Crippen molar-refractivity contribution in [3.8, 4) is 0 Å². The Bertz CT molecular complexity index is 256. The van der Waals surface area contributed by atoms with Gasteiger partial charge >= 0.3 is 0 Å². The molecule has 0 aromatic heterocycles. The van der Waals surface area contributed by atoms with Gasteiger partial charge in [-0.3, -0.25) is 4.79 Å². The van der Waals surface area contributed by atoms with Crippen molar-refractivity contribution in [2.45, 2.75) is 52.0 Å². The quantitative estimate of drug-likeness (QED) is 0.642. The van der Waals surface area contributed by atoms with Gasteiger partial charge < -0.3 is 16.2 Å². The average molecular weight is 256 g/mol. The zero-order valence-corrected chi connectivity index (χ0v) is 11.7. The predicted molar refractivity (Wildman–Crippen MR) is 73.0 cm³/mol. The van der Waals surface area contributed by atoms with Gasteiger partial charge in [0.05, 0.1) is 0 Å². The van der Waals surface area contributed by atoms with Crippen LogP contribution in [0, 0.1) is 17.8 Å². The fraction of sp³-hybridized carbons (Fsp3) is 0.929. The summed E-state index contributed by atoms with van der Waals surface area (Å²) in [4.78, 5) is 12.0. The molecule has 0 heterocycles. The van der Waals surface area contributed by atoms with Crippen LogP contribution in [0.2, 0.25) is 0 Å². The summed E-state index contributed by atoms with van der Waals surface area (Å²) < 4.78 is 0. The molecule has 0 radical (unpaired) electrons. The first kappa shape index (κ1) is 15.4. The van der Waals surface area contributed by atoms with E-state index in [2.05, 4.69) is 19.2 Å². The van der Waals surface area contributed by atoms with Crippen molar-refractivity contribution in [1.29, 1.82) is 0 Å². The Balaban J connectivity index is 2.35. The summed E-state index contributed by atoms with van der Waals surface area (Å²) in [6, 6.07) is 0.167. The Morgan fingerprint density at radius 1 is 1.44 bits per heavy atom. The van der Waals surface area contributed by atoms with Crippen LogP contribution < -0.4 is 11.1 Å². The second-order valence-corrected chi connectivity index (χ2v) is 5.98. The van der Waals surface area contributed by atoms with E-state index in [4.69, 9.17) is 5.73 Å². The molecule has 2 unspecified atom stereocenters. The highest BCUT2D eigenvalue weighted by Gasteiger charge is 2.28. The second-order valence-electron chi connectivity index (χ2n) is 5.98. The fourth-order valence-electron chi connectivity index (χ4n) is 2.90. The van der Waals surface area contributed by atoms with Crippen LogP contribution in [0.25, 0.3) is 0 Å². The van der Waals surface area contributed by atoms with E-state index in [0.29, 0.717) is 18.9 Å². The second kappa shape index (κ2) is 7.74. The Morgan fingerprint density at radius 2 is 2.17 bits per heavy atom. The highest BCUT2D eigenvalue weighted by Crippen LogP contribution is 2.25. The molecule has 1 rings (SSSR count). The van der Waals surface area contributed by atoms with Gasteiger partial charge in [-0.1, -0.05) is 20.3 Å². The van der Waals surface area contributed by atoms with Gasteiger partial charge in [0, 0.05) is 25.0 Å². The minimum Gasteiger partial charge on any atom is -0.396 e. The van der Waals surface area contributed by atoms with Gasteiger partial charge in [0.1, 0.15) is 0 Å². The van der Waals surface area contributed by atoms with E-state index in [9.17, 15) is 9.90 Å². The highest BCUT2D eigenvalue weighted by atomic mass is 16.3. The number of carbonyl (C=O) groups excluding carboxylic acids is 1. The van der Waals surface area contributed by atoms with Crippen molar-refractivity contribution in [1.82, 2.24) is 5.32 Å². The predicted octanol–water partition coefficient (Wildman–Crippen LogP) is 1.27. The Morgan fingerprint density at radius 3 is 2.72 bits per heavy atom. The van der Waals surface area contributed by atoms with Crippen LogP contribution in [0.1, 0.15) is 46.0 Å².